The number of benzene rings is 2. The van der Waals surface area contributed by atoms with E-state index in [0.29, 0.717) is 5.69 Å². The first-order chi connectivity index (χ1) is 12.8. The molecule has 0 aliphatic carbocycles. The van der Waals surface area contributed by atoms with E-state index in [1.165, 1.54) is 0 Å². The van der Waals surface area contributed by atoms with E-state index in [1.807, 2.05) is 25.1 Å². The lowest BCUT2D eigenvalue weighted by Gasteiger charge is -2.17. The second kappa shape index (κ2) is 6.91. The number of carbonyl (C=O) groups excluding carboxylic acids is 2. The van der Waals surface area contributed by atoms with Crippen LogP contribution in [0, 0.1) is 6.92 Å². The highest BCUT2D eigenvalue weighted by Gasteiger charge is 2.40. The van der Waals surface area contributed by atoms with Gasteiger partial charge in [-0.05, 0) is 42.8 Å². The molecule has 138 valence electrons. The molecule has 0 spiro atoms. The molecule has 3 N–H and O–H groups in total. The predicted octanol–water partition coefficient (Wildman–Crippen LogP) is 2.14. The van der Waals surface area contributed by atoms with Gasteiger partial charge in [0.2, 0.25) is 5.91 Å². The van der Waals surface area contributed by atoms with Gasteiger partial charge in [-0.3, -0.25) is 9.59 Å². The molecule has 3 rings (SSSR count). The third-order valence-corrected chi connectivity index (χ3v) is 4.18. The second-order valence-electron chi connectivity index (χ2n) is 6.22. The number of nitrogens with one attached hydrogen (secondary N) is 1. The van der Waals surface area contributed by atoms with Crippen molar-refractivity contribution in [3.8, 4) is 0 Å². The molecular formula is C19H16N2O6. The zero-order valence-corrected chi connectivity index (χ0v) is 14.3. The SMILES string of the molecule is Cc1cccc(NC2CC(=O)N(c3cc(C(=O)O)cc(C(=O)O)c3)C2=O)c1. The lowest BCUT2D eigenvalue weighted by Crippen LogP contribution is -2.35. The molecule has 1 unspecified atom stereocenters. The summed E-state index contributed by atoms with van der Waals surface area (Å²) in [7, 11) is 0. The van der Waals surface area contributed by atoms with Crippen molar-refractivity contribution >= 4 is 35.1 Å². The van der Waals surface area contributed by atoms with Crippen molar-refractivity contribution in [3.63, 3.8) is 0 Å². The normalized spacial score (nSPS) is 16.5. The largest absolute Gasteiger partial charge is 0.478 e. The number of carboxylic acid groups (broad SMARTS) is 2. The Bertz CT molecular complexity index is 936. The molecule has 1 atom stereocenters. The predicted molar refractivity (Wildman–Crippen MR) is 96.1 cm³/mol. The lowest BCUT2D eigenvalue weighted by atomic mass is 10.1. The molecular weight excluding hydrogens is 352 g/mol. The van der Waals surface area contributed by atoms with Crippen LogP contribution in [0.4, 0.5) is 11.4 Å². The Morgan fingerprint density at radius 1 is 1.04 bits per heavy atom. The highest BCUT2D eigenvalue weighted by Crippen LogP contribution is 2.27. The number of anilines is 2. The smallest absolute Gasteiger partial charge is 0.335 e. The fourth-order valence-corrected chi connectivity index (χ4v) is 2.94. The minimum atomic E-state index is -1.35. The number of aromatic carboxylic acids is 2. The summed E-state index contributed by atoms with van der Waals surface area (Å²) in [5.74, 6) is -3.81. The van der Waals surface area contributed by atoms with Crippen LogP contribution in [-0.2, 0) is 9.59 Å². The summed E-state index contributed by atoms with van der Waals surface area (Å²) < 4.78 is 0. The van der Waals surface area contributed by atoms with E-state index < -0.39 is 29.8 Å². The monoisotopic (exact) mass is 368 g/mol. The Hall–Kier alpha value is -3.68. The maximum atomic E-state index is 12.7. The first kappa shape index (κ1) is 18.1. The maximum Gasteiger partial charge on any atom is 0.335 e. The highest BCUT2D eigenvalue weighted by molar-refractivity contribution is 6.23. The zero-order valence-electron chi connectivity index (χ0n) is 14.3. The van der Waals surface area contributed by atoms with Crippen molar-refractivity contribution in [2.24, 2.45) is 0 Å². The van der Waals surface area contributed by atoms with Crippen molar-refractivity contribution < 1.29 is 29.4 Å². The van der Waals surface area contributed by atoms with Gasteiger partial charge in [-0.2, -0.15) is 0 Å². The van der Waals surface area contributed by atoms with Crippen molar-refractivity contribution in [1.29, 1.82) is 0 Å². The van der Waals surface area contributed by atoms with E-state index in [1.54, 1.807) is 6.07 Å². The summed E-state index contributed by atoms with van der Waals surface area (Å²) in [6.45, 7) is 1.89. The number of carboxylic acids is 2. The number of carbonyl (C=O) groups is 4. The van der Waals surface area contributed by atoms with Crippen LogP contribution in [0.2, 0.25) is 0 Å². The quantitative estimate of drug-likeness (QED) is 0.691. The van der Waals surface area contributed by atoms with E-state index in [2.05, 4.69) is 5.32 Å². The fourth-order valence-electron chi connectivity index (χ4n) is 2.94. The van der Waals surface area contributed by atoms with E-state index in [9.17, 15) is 19.2 Å². The number of aryl methyl sites for hydroxylation is 1. The molecule has 0 saturated carbocycles. The van der Waals surface area contributed by atoms with E-state index in [4.69, 9.17) is 10.2 Å². The summed E-state index contributed by atoms with van der Waals surface area (Å²) in [5.41, 5.74) is 0.944. The minimum Gasteiger partial charge on any atom is -0.478 e. The lowest BCUT2D eigenvalue weighted by molar-refractivity contribution is -0.121. The van der Waals surface area contributed by atoms with Gasteiger partial charge in [-0.1, -0.05) is 12.1 Å². The summed E-state index contributed by atoms with van der Waals surface area (Å²) >= 11 is 0. The van der Waals surface area contributed by atoms with Crippen LogP contribution >= 0.6 is 0 Å². The standard InChI is InChI=1S/C19H16N2O6/c1-10-3-2-4-13(5-10)20-15-9-16(22)21(17(15)23)14-7-11(18(24)25)6-12(8-14)19(26)27/h2-8,15,20H,9H2,1H3,(H,24,25)(H,26,27). The van der Waals surface area contributed by atoms with Crippen LogP contribution in [0.15, 0.2) is 42.5 Å². The summed E-state index contributed by atoms with van der Waals surface area (Å²) in [6.07, 6.45) is -0.119. The Morgan fingerprint density at radius 2 is 1.67 bits per heavy atom. The van der Waals surface area contributed by atoms with Gasteiger partial charge in [-0.25, -0.2) is 14.5 Å². The van der Waals surface area contributed by atoms with Crippen LogP contribution in [0.25, 0.3) is 0 Å². The molecule has 1 aliphatic heterocycles. The van der Waals surface area contributed by atoms with Crippen LogP contribution in [0.5, 0.6) is 0 Å². The molecule has 8 nitrogen and oxygen atoms in total. The molecule has 0 radical (unpaired) electrons. The average molecular weight is 368 g/mol. The van der Waals surface area contributed by atoms with Crippen molar-refractivity contribution in [3.05, 3.63) is 59.2 Å². The van der Waals surface area contributed by atoms with Crippen LogP contribution in [0.3, 0.4) is 0 Å². The van der Waals surface area contributed by atoms with Crippen molar-refractivity contribution in [2.45, 2.75) is 19.4 Å². The first-order valence-electron chi connectivity index (χ1n) is 8.08. The van der Waals surface area contributed by atoms with Crippen LogP contribution in [-0.4, -0.2) is 40.0 Å². The molecule has 1 aliphatic rings. The topological polar surface area (TPSA) is 124 Å². The van der Waals surface area contributed by atoms with E-state index >= 15 is 0 Å². The molecule has 27 heavy (non-hydrogen) atoms. The van der Waals surface area contributed by atoms with Gasteiger partial charge in [0.1, 0.15) is 6.04 Å². The number of hydrogen-bond acceptors (Lipinski definition) is 5. The fraction of sp³-hybridized carbons (Fsp3) is 0.158. The van der Waals surface area contributed by atoms with Crippen molar-refractivity contribution in [2.75, 3.05) is 10.2 Å². The molecule has 2 aromatic carbocycles. The molecule has 2 amide bonds. The maximum absolute atomic E-state index is 12.7. The van der Waals surface area contributed by atoms with E-state index in [-0.39, 0.29) is 23.2 Å². The summed E-state index contributed by atoms with van der Waals surface area (Å²) in [6, 6.07) is 9.67. The van der Waals surface area contributed by atoms with Gasteiger partial charge in [0.05, 0.1) is 23.2 Å². The number of amides is 2. The third kappa shape index (κ3) is 3.64. The molecule has 1 fully saturated rings. The highest BCUT2D eigenvalue weighted by atomic mass is 16.4. The number of rotatable bonds is 5. The van der Waals surface area contributed by atoms with E-state index in [0.717, 1.165) is 28.7 Å². The zero-order chi connectivity index (χ0) is 19.7. The second-order valence-corrected chi connectivity index (χ2v) is 6.22. The molecule has 2 aromatic rings. The number of nitrogens with zero attached hydrogens (tertiary/aromatic N) is 1. The van der Waals surface area contributed by atoms with Gasteiger partial charge in [0.25, 0.3) is 5.91 Å². The first-order valence-corrected chi connectivity index (χ1v) is 8.08. The van der Waals surface area contributed by atoms with Gasteiger partial charge in [0, 0.05) is 5.69 Å². The van der Waals surface area contributed by atoms with Crippen molar-refractivity contribution in [1.82, 2.24) is 0 Å². The number of hydrogen-bond donors (Lipinski definition) is 3. The number of imide groups is 1. The van der Waals surface area contributed by atoms with Gasteiger partial charge < -0.3 is 15.5 Å². The molecule has 0 bridgehead atoms. The Balaban J connectivity index is 1.93. The van der Waals surface area contributed by atoms with Gasteiger partial charge in [0.15, 0.2) is 0 Å². The Kier molecular flexibility index (Phi) is 4.64. The van der Waals surface area contributed by atoms with Gasteiger partial charge >= 0.3 is 11.9 Å². The van der Waals surface area contributed by atoms with Crippen LogP contribution < -0.4 is 10.2 Å². The minimum absolute atomic E-state index is 0.0733. The van der Waals surface area contributed by atoms with Gasteiger partial charge in [-0.15, -0.1) is 0 Å². The molecule has 1 heterocycles. The summed E-state index contributed by atoms with van der Waals surface area (Å²) in [4.78, 5) is 48.4. The molecule has 1 saturated heterocycles. The Labute approximate surface area is 154 Å². The molecule has 8 heteroatoms. The molecule has 0 aromatic heterocycles. The summed E-state index contributed by atoms with van der Waals surface area (Å²) in [5, 5.41) is 21.3. The third-order valence-electron chi connectivity index (χ3n) is 4.18. The van der Waals surface area contributed by atoms with Crippen LogP contribution in [0.1, 0.15) is 32.7 Å². The Morgan fingerprint density at radius 3 is 2.22 bits per heavy atom. The average Bonchev–Trinajstić information content (AvgIpc) is 2.88.